The molecule has 0 aromatic rings. The van der Waals surface area contributed by atoms with Crippen LogP contribution < -0.4 is 5.32 Å². The van der Waals surface area contributed by atoms with E-state index in [1.54, 1.807) is 6.92 Å². The molecule has 0 aliphatic heterocycles. The van der Waals surface area contributed by atoms with Gasteiger partial charge in [0.15, 0.2) is 0 Å². The van der Waals surface area contributed by atoms with Crippen molar-refractivity contribution in [3.8, 4) is 0 Å². The third kappa shape index (κ3) is 8.93. The molecule has 0 aromatic heterocycles. The van der Waals surface area contributed by atoms with Gasteiger partial charge in [0.2, 0.25) is 0 Å². The lowest BCUT2D eigenvalue weighted by Gasteiger charge is -2.33. The van der Waals surface area contributed by atoms with Crippen LogP contribution in [0.3, 0.4) is 0 Å². The molecule has 1 N–H and O–H groups in total. The molecule has 0 atom stereocenters. The first-order valence-electron chi connectivity index (χ1n) is 6.11. The molecule has 3 heteroatoms. The molecular weight excluding hydrogens is 214 g/mol. The van der Waals surface area contributed by atoms with Crippen LogP contribution in [-0.2, 0) is 9.53 Å². The Bertz CT molecular complexity index is 274. The normalized spacial score (nSPS) is 12.4. The highest BCUT2D eigenvalue weighted by molar-refractivity contribution is 5.86. The first kappa shape index (κ1) is 16.2. The Balaban J connectivity index is 3.88. The van der Waals surface area contributed by atoms with Crippen molar-refractivity contribution in [2.45, 2.75) is 53.5 Å². The zero-order valence-corrected chi connectivity index (χ0v) is 12.1. The molecular formula is C14H27NO2. The number of esters is 1. The van der Waals surface area contributed by atoms with Crippen molar-refractivity contribution in [1.29, 1.82) is 0 Å². The first-order chi connectivity index (χ1) is 7.53. The van der Waals surface area contributed by atoms with Crippen molar-refractivity contribution in [1.82, 2.24) is 5.32 Å². The number of carbonyl (C=O) groups excluding carboxylic acids is 1. The minimum Gasteiger partial charge on any atom is -0.461 e. The molecule has 0 spiro atoms. The second-order valence-corrected chi connectivity index (χ2v) is 6.46. The van der Waals surface area contributed by atoms with Crippen LogP contribution in [0.25, 0.3) is 0 Å². The Kier molecular flexibility index (Phi) is 5.89. The van der Waals surface area contributed by atoms with Crippen LogP contribution in [0.5, 0.6) is 0 Å². The fourth-order valence-electron chi connectivity index (χ4n) is 2.04. The maximum atomic E-state index is 11.1. The molecule has 3 nitrogen and oxygen atoms in total. The summed E-state index contributed by atoms with van der Waals surface area (Å²) in [5.41, 5.74) is 0.776. The van der Waals surface area contributed by atoms with Gasteiger partial charge in [0.25, 0.3) is 0 Å². The highest BCUT2D eigenvalue weighted by Gasteiger charge is 2.24. The van der Waals surface area contributed by atoms with E-state index in [1.165, 1.54) is 0 Å². The fourth-order valence-corrected chi connectivity index (χ4v) is 2.04. The molecule has 17 heavy (non-hydrogen) atoms. The second-order valence-electron chi connectivity index (χ2n) is 6.46. The molecule has 0 bridgehead atoms. The minimum atomic E-state index is -0.319. The topological polar surface area (TPSA) is 38.3 Å². The number of hydrogen-bond acceptors (Lipinski definition) is 3. The Morgan fingerprint density at radius 1 is 1.24 bits per heavy atom. The molecule has 0 saturated carbocycles. The van der Waals surface area contributed by atoms with Gasteiger partial charge in [-0.3, -0.25) is 0 Å². The summed E-state index contributed by atoms with van der Waals surface area (Å²) < 4.78 is 5.03. The van der Waals surface area contributed by atoms with E-state index in [-0.39, 0.29) is 16.9 Å². The van der Waals surface area contributed by atoms with Crippen LogP contribution in [0.4, 0.5) is 0 Å². The van der Waals surface area contributed by atoms with Crippen molar-refractivity contribution in [2.75, 3.05) is 13.2 Å². The Labute approximate surface area is 106 Å². The maximum absolute atomic E-state index is 11.1. The average molecular weight is 241 g/mol. The minimum absolute atomic E-state index is 0.0495. The van der Waals surface area contributed by atoms with E-state index in [9.17, 15) is 4.79 Å². The van der Waals surface area contributed by atoms with Crippen LogP contribution in [0.1, 0.15) is 48.0 Å². The summed E-state index contributed by atoms with van der Waals surface area (Å²) in [6.07, 6.45) is 1.06. The summed E-state index contributed by atoms with van der Waals surface area (Å²) in [6, 6.07) is 0. The van der Waals surface area contributed by atoms with Gasteiger partial charge < -0.3 is 10.1 Å². The standard InChI is InChI=1S/C14H27NO2/c1-11(2)12(16)17-9-8-15-14(6,7)10-13(3,4)5/h15H,1,8-10H2,2-7H3. The number of hydrogen-bond donors (Lipinski definition) is 1. The van der Waals surface area contributed by atoms with Crippen LogP contribution in [0, 0.1) is 5.41 Å². The molecule has 0 rings (SSSR count). The number of nitrogens with one attached hydrogen (secondary N) is 1. The predicted molar refractivity (Wildman–Crippen MR) is 71.9 cm³/mol. The zero-order valence-electron chi connectivity index (χ0n) is 12.1. The summed E-state index contributed by atoms with van der Waals surface area (Å²) in [4.78, 5) is 11.1. The molecule has 100 valence electrons. The summed E-state index contributed by atoms with van der Waals surface area (Å²) in [6.45, 7) is 17.2. The second kappa shape index (κ2) is 6.20. The van der Waals surface area contributed by atoms with Gasteiger partial charge in [0.1, 0.15) is 6.61 Å². The largest absolute Gasteiger partial charge is 0.461 e. The molecule has 0 aliphatic rings. The lowest BCUT2D eigenvalue weighted by Crippen LogP contribution is -2.44. The summed E-state index contributed by atoms with van der Waals surface area (Å²) in [5, 5.41) is 3.40. The predicted octanol–water partition coefficient (Wildman–Crippen LogP) is 2.91. The van der Waals surface area contributed by atoms with Gasteiger partial charge in [-0.2, -0.15) is 0 Å². The smallest absolute Gasteiger partial charge is 0.333 e. The van der Waals surface area contributed by atoms with Crippen molar-refractivity contribution >= 4 is 5.97 Å². The third-order valence-electron chi connectivity index (χ3n) is 2.26. The Morgan fingerprint density at radius 3 is 2.18 bits per heavy atom. The zero-order chi connectivity index (χ0) is 13.7. The van der Waals surface area contributed by atoms with Gasteiger partial charge in [-0.25, -0.2) is 4.79 Å². The van der Waals surface area contributed by atoms with Gasteiger partial charge in [0, 0.05) is 17.7 Å². The van der Waals surface area contributed by atoms with E-state index in [1.807, 2.05) is 0 Å². The number of rotatable bonds is 6. The van der Waals surface area contributed by atoms with Crippen LogP contribution in [0.2, 0.25) is 0 Å². The van der Waals surface area contributed by atoms with Crippen molar-refractivity contribution < 1.29 is 9.53 Å². The molecule has 0 radical (unpaired) electrons. The van der Waals surface area contributed by atoms with E-state index in [2.05, 4.69) is 46.5 Å². The van der Waals surface area contributed by atoms with E-state index >= 15 is 0 Å². The summed E-state index contributed by atoms with van der Waals surface area (Å²) >= 11 is 0. The molecule has 0 unspecified atom stereocenters. The number of carbonyl (C=O) groups is 1. The van der Waals surface area contributed by atoms with Crippen LogP contribution in [0.15, 0.2) is 12.2 Å². The van der Waals surface area contributed by atoms with Gasteiger partial charge in [-0.1, -0.05) is 27.4 Å². The van der Waals surface area contributed by atoms with Gasteiger partial charge in [0.05, 0.1) is 0 Å². The van der Waals surface area contributed by atoms with E-state index in [0.29, 0.717) is 18.7 Å². The Hall–Kier alpha value is -0.830. The van der Waals surface area contributed by atoms with Crippen molar-refractivity contribution in [3.63, 3.8) is 0 Å². The highest BCUT2D eigenvalue weighted by Crippen LogP contribution is 2.26. The van der Waals surface area contributed by atoms with Gasteiger partial charge in [-0.15, -0.1) is 0 Å². The van der Waals surface area contributed by atoms with E-state index < -0.39 is 0 Å². The lowest BCUT2D eigenvalue weighted by molar-refractivity contribution is -0.138. The molecule has 0 amide bonds. The summed E-state index contributed by atoms with van der Waals surface area (Å²) in [7, 11) is 0. The summed E-state index contributed by atoms with van der Waals surface area (Å²) in [5.74, 6) is -0.319. The average Bonchev–Trinajstić information content (AvgIpc) is 2.07. The van der Waals surface area contributed by atoms with E-state index in [0.717, 1.165) is 6.42 Å². The number of ether oxygens (including phenoxy) is 1. The maximum Gasteiger partial charge on any atom is 0.333 e. The van der Waals surface area contributed by atoms with Gasteiger partial charge in [-0.05, 0) is 32.6 Å². The molecule has 0 fully saturated rings. The molecule has 0 aliphatic carbocycles. The highest BCUT2D eigenvalue weighted by atomic mass is 16.5. The van der Waals surface area contributed by atoms with Crippen LogP contribution in [-0.4, -0.2) is 24.7 Å². The molecule has 0 aromatic carbocycles. The quantitative estimate of drug-likeness (QED) is 0.441. The lowest BCUT2D eigenvalue weighted by atomic mass is 9.82. The first-order valence-corrected chi connectivity index (χ1v) is 6.11. The molecule has 0 heterocycles. The van der Waals surface area contributed by atoms with E-state index in [4.69, 9.17) is 4.74 Å². The van der Waals surface area contributed by atoms with Crippen LogP contribution >= 0.6 is 0 Å². The monoisotopic (exact) mass is 241 g/mol. The Morgan fingerprint density at radius 2 is 1.76 bits per heavy atom. The SMILES string of the molecule is C=C(C)C(=O)OCCNC(C)(C)CC(C)(C)C. The van der Waals surface area contributed by atoms with Crippen molar-refractivity contribution in [2.24, 2.45) is 5.41 Å². The van der Waals surface area contributed by atoms with Crippen molar-refractivity contribution in [3.05, 3.63) is 12.2 Å². The molecule has 0 saturated heterocycles. The van der Waals surface area contributed by atoms with Gasteiger partial charge >= 0.3 is 5.97 Å². The third-order valence-corrected chi connectivity index (χ3v) is 2.26. The fraction of sp³-hybridized carbons (Fsp3) is 0.786.